The van der Waals surface area contributed by atoms with E-state index in [4.69, 9.17) is 0 Å². The second-order valence-electron chi connectivity index (χ2n) is 3.83. The van der Waals surface area contributed by atoms with Crippen LogP contribution in [0.5, 0.6) is 0 Å². The van der Waals surface area contributed by atoms with Crippen LogP contribution in [0.25, 0.3) is 0 Å². The van der Waals surface area contributed by atoms with E-state index in [1.807, 2.05) is 38.1 Å². The van der Waals surface area contributed by atoms with Crippen molar-refractivity contribution in [3.05, 3.63) is 40.6 Å². The van der Waals surface area contributed by atoms with Gasteiger partial charge < -0.3 is 10.6 Å². The first-order valence-electron chi connectivity index (χ1n) is 5.79. The predicted octanol–water partition coefficient (Wildman–Crippen LogP) is 3.72. The van der Waals surface area contributed by atoms with Crippen molar-refractivity contribution >= 4 is 33.3 Å². The maximum Gasteiger partial charge on any atom is 0.138 e. The number of anilines is 3. The maximum absolute atomic E-state index is 4.27. The van der Waals surface area contributed by atoms with Crippen LogP contribution in [0.15, 0.2) is 35.1 Å². The molecule has 4 nitrogen and oxygen atoms in total. The normalized spacial score (nSPS) is 10.2. The molecule has 0 aliphatic carbocycles. The Labute approximate surface area is 115 Å². The molecule has 0 saturated carbocycles. The number of nitrogens with one attached hydrogen (secondary N) is 2. The molecule has 0 spiro atoms. The number of nitrogens with zero attached hydrogens (tertiary/aromatic N) is 2. The summed E-state index contributed by atoms with van der Waals surface area (Å²) in [5, 5.41) is 6.52. The lowest BCUT2D eigenvalue weighted by molar-refractivity contribution is 1.08. The fraction of sp³-hybridized carbons (Fsp3) is 0.231. The van der Waals surface area contributed by atoms with E-state index in [9.17, 15) is 0 Å². The minimum atomic E-state index is 0.813. The summed E-state index contributed by atoms with van der Waals surface area (Å²) in [6.45, 7) is 4.88. The SMILES string of the molecule is CCNc1ncnc(Nc2ccccc2Br)c1C. The molecule has 2 aromatic rings. The van der Waals surface area contributed by atoms with E-state index >= 15 is 0 Å². The fourth-order valence-electron chi connectivity index (χ4n) is 1.61. The third kappa shape index (κ3) is 2.79. The molecule has 0 unspecified atom stereocenters. The second kappa shape index (κ2) is 5.82. The molecule has 18 heavy (non-hydrogen) atoms. The molecule has 1 heterocycles. The standard InChI is InChI=1S/C13H15BrN4/c1-3-15-12-9(2)13(17-8-16-12)18-11-7-5-4-6-10(11)14/h4-8H,3H2,1-2H3,(H2,15,16,17,18). The van der Waals surface area contributed by atoms with Crippen LogP contribution in [0.2, 0.25) is 0 Å². The third-order valence-corrected chi connectivity index (χ3v) is 3.25. The number of rotatable bonds is 4. The van der Waals surface area contributed by atoms with Gasteiger partial charge in [-0.3, -0.25) is 0 Å². The lowest BCUT2D eigenvalue weighted by Crippen LogP contribution is -2.05. The van der Waals surface area contributed by atoms with Crippen molar-refractivity contribution in [3.63, 3.8) is 0 Å². The topological polar surface area (TPSA) is 49.8 Å². The smallest absolute Gasteiger partial charge is 0.138 e. The summed E-state index contributed by atoms with van der Waals surface area (Å²) >= 11 is 3.51. The van der Waals surface area contributed by atoms with Crippen LogP contribution in [0, 0.1) is 6.92 Å². The Morgan fingerprint density at radius 1 is 1.17 bits per heavy atom. The monoisotopic (exact) mass is 306 g/mol. The quantitative estimate of drug-likeness (QED) is 0.904. The van der Waals surface area contributed by atoms with Crippen LogP contribution in [-0.4, -0.2) is 16.5 Å². The Balaban J connectivity index is 2.30. The Morgan fingerprint density at radius 3 is 2.61 bits per heavy atom. The largest absolute Gasteiger partial charge is 0.370 e. The zero-order valence-corrected chi connectivity index (χ0v) is 12.0. The second-order valence-corrected chi connectivity index (χ2v) is 4.69. The molecule has 0 radical (unpaired) electrons. The number of hydrogen-bond acceptors (Lipinski definition) is 4. The number of benzene rings is 1. The number of aromatic nitrogens is 2. The van der Waals surface area contributed by atoms with Crippen molar-refractivity contribution in [3.8, 4) is 0 Å². The molecule has 0 bridgehead atoms. The Morgan fingerprint density at radius 2 is 1.89 bits per heavy atom. The van der Waals surface area contributed by atoms with Crippen molar-refractivity contribution in [2.75, 3.05) is 17.2 Å². The fourth-order valence-corrected chi connectivity index (χ4v) is 2.00. The molecule has 0 aliphatic rings. The van der Waals surface area contributed by atoms with Crippen molar-refractivity contribution < 1.29 is 0 Å². The van der Waals surface area contributed by atoms with E-state index in [0.717, 1.165) is 33.9 Å². The molecule has 0 amide bonds. The van der Waals surface area contributed by atoms with Crippen LogP contribution in [-0.2, 0) is 0 Å². The lowest BCUT2D eigenvalue weighted by Gasteiger charge is -2.12. The number of hydrogen-bond donors (Lipinski definition) is 2. The molecule has 1 aromatic heterocycles. The van der Waals surface area contributed by atoms with E-state index in [2.05, 4.69) is 36.5 Å². The third-order valence-electron chi connectivity index (χ3n) is 2.56. The van der Waals surface area contributed by atoms with Crippen LogP contribution in [0.1, 0.15) is 12.5 Å². The van der Waals surface area contributed by atoms with E-state index in [-0.39, 0.29) is 0 Å². The average Bonchev–Trinajstić information content (AvgIpc) is 2.37. The van der Waals surface area contributed by atoms with Gasteiger partial charge in [-0.1, -0.05) is 12.1 Å². The summed E-state index contributed by atoms with van der Waals surface area (Å²) < 4.78 is 1.01. The van der Waals surface area contributed by atoms with Crippen molar-refractivity contribution in [2.24, 2.45) is 0 Å². The molecular formula is C13H15BrN4. The summed E-state index contributed by atoms with van der Waals surface area (Å²) in [5.74, 6) is 1.68. The van der Waals surface area contributed by atoms with Crippen molar-refractivity contribution in [2.45, 2.75) is 13.8 Å². The molecular weight excluding hydrogens is 292 g/mol. The van der Waals surface area contributed by atoms with Crippen molar-refractivity contribution in [1.82, 2.24) is 9.97 Å². The summed E-state index contributed by atoms with van der Waals surface area (Å²) in [5.41, 5.74) is 2.00. The summed E-state index contributed by atoms with van der Waals surface area (Å²) in [6.07, 6.45) is 1.56. The Hall–Kier alpha value is -1.62. The average molecular weight is 307 g/mol. The van der Waals surface area contributed by atoms with Gasteiger partial charge >= 0.3 is 0 Å². The Bertz CT molecular complexity index is 542. The Kier molecular flexibility index (Phi) is 4.15. The van der Waals surface area contributed by atoms with E-state index in [1.165, 1.54) is 0 Å². The van der Waals surface area contributed by atoms with Gasteiger partial charge in [-0.15, -0.1) is 0 Å². The van der Waals surface area contributed by atoms with Crippen molar-refractivity contribution in [1.29, 1.82) is 0 Å². The summed E-state index contributed by atoms with van der Waals surface area (Å²) in [4.78, 5) is 8.49. The molecule has 5 heteroatoms. The van der Waals surface area contributed by atoms with Gasteiger partial charge in [0.05, 0.1) is 5.69 Å². The first-order valence-corrected chi connectivity index (χ1v) is 6.58. The van der Waals surface area contributed by atoms with E-state index in [0.29, 0.717) is 0 Å². The first-order chi connectivity index (χ1) is 8.72. The van der Waals surface area contributed by atoms with Crippen LogP contribution >= 0.6 is 15.9 Å². The zero-order chi connectivity index (χ0) is 13.0. The van der Waals surface area contributed by atoms with Gasteiger partial charge in [0, 0.05) is 16.6 Å². The van der Waals surface area contributed by atoms with Gasteiger partial charge in [0.1, 0.15) is 18.0 Å². The number of para-hydroxylation sites is 1. The molecule has 0 saturated heterocycles. The molecule has 2 N–H and O–H groups in total. The minimum Gasteiger partial charge on any atom is -0.370 e. The summed E-state index contributed by atoms with van der Waals surface area (Å²) in [7, 11) is 0. The van der Waals surface area contributed by atoms with E-state index in [1.54, 1.807) is 6.33 Å². The van der Waals surface area contributed by atoms with Gasteiger partial charge in [-0.2, -0.15) is 0 Å². The number of halogens is 1. The van der Waals surface area contributed by atoms with Gasteiger partial charge in [-0.25, -0.2) is 9.97 Å². The molecule has 1 aromatic carbocycles. The first kappa shape index (κ1) is 12.8. The predicted molar refractivity (Wildman–Crippen MR) is 78.4 cm³/mol. The molecule has 94 valence electrons. The van der Waals surface area contributed by atoms with Crippen LogP contribution < -0.4 is 10.6 Å². The van der Waals surface area contributed by atoms with Gasteiger partial charge in [0.15, 0.2) is 0 Å². The highest BCUT2D eigenvalue weighted by Crippen LogP contribution is 2.27. The highest BCUT2D eigenvalue weighted by Gasteiger charge is 2.07. The van der Waals surface area contributed by atoms with Crippen LogP contribution in [0.3, 0.4) is 0 Å². The van der Waals surface area contributed by atoms with Gasteiger partial charge in [0.2, 0.25) is 0 Å². The van der Waals surface area contributed by atoms with E-state index < -0.39 is 0 Å². The van der Waals surface area contributed by atoms with Crippen LogP contribution in [0.4, 0.5) is 17.3 Å². The van der Waals surface area contributed by atoms with Gasteiger partial charge in [-0.05, 0) is 41.9 Å². The molecule has 0 atom stereocenters. The van der Waals surface area contributed by atoms with Gasteiger partial charge in [0.25, 0.3) is 0 Å². The highest BCUT2D eigenvalue weighted by atomic mass is 79.9. The zero-order valence-electron chi connectivity index (χ0n) is 10.4. The summed E-state index contributed by atoms with van der Waals surface area (Å²) in [6, 6.07) is 7.95. The maximum atomic E-state index is 4.27. The molecule has 2 rings (SSSR count). The molecule has 0 fully saturated rings. The molecule has 0 aliphatic heterocycles. The highest BCUT2D eigenvalue weighted by molar-refractivity contribution is 9.10. The lowest BCUT2D eigenvalue weighted by atomic mass is 10.2. The minimum absolute atomic E-state index is 0.813.